The summed E-state index contributed by atoms with van der Waals surface area (Å²) in [6.45, 7) is 2.28. The molecule has 1 heterocycles. The number of carboxylic acids is 1. The first-order chi connectivity index (χ1) is 7.65. The van der Waals surface area contributed by atoms with Crippen LogP contribution in [0.3, 0.4) is 0 Å². The van der Waals surface area contributed by atoms with Gasteiger partial charge in [0.05, 0.1) is 0 Å². The summed E-state index contributed by atoms with van der Waals surface area (Å²) in [5, 5.41) is 14.4. The van der Waals surface area contributed by atoms with Crippen LogP contribution < -0.4 is 5.32 Å². The minimum Gasteiger partial charge on any atom is -0.476 e. The maximum absolute atomic E-state index is 10.7. The van der Waals surface area contributed by atoms with Crippen LogP contribution in [0.2, 0.25) is 0 Å². The molecule has 4 nitrogen and oxygen atoms in total. The van der Waals surface area contributed by atoms with E-state index in [1.165, 1.54) is 24.2 Å². The van der Waals surface area contributed by atoms with Gasteiger partial charge in [0.2, 0.25) is 0 Å². The predicted octanol–water partition coefficient (Wildman–Crippen LogP) is 2.83. The number of anilines is 1. The van der Waals surface area contributed by atoms with E-state index in [4.69, 9.17) is 5.11 Å². The first-order valence-electron chi connectivity index (χ1n) is 5.60. The maximum Gasteiger partial charge on any atom is 0.355 e. The second-order valence-corrected chi connectivity index (χ2v) is 5.30. The Morgan fingerprint density at radius 2 is 2.19 bits per heavy atom. The molecule has 5 heteroatoms. The highest BCUT2D eigenvalue weighted by Gasteiger charge is 2.19. The molecule has 1 aromatic heterocycles. The van der Waals surface area contributed by atoms with Crippen molar-refractivity contribution in [2.24, 2.45) is 5.92 Å². The fourth-order valence-corrected chi connectivity index (χ4v) is 2.78. The van der Waals surface area contributed by atoms with Crippen molar-refractivity contribution in [3.05, 3.63) is 11.1 Å². The molecule has 0 radical (unpaired) electrons. The minimum absolute atomic E-state index is 0.136. The lowest BCUT2D eigenvalue weighted by Crippen LogP contribution is -2.25. The van der Waals surface area contributed by atoms with E-state index in [1.807, 2.05) is 0 Å². The molecular formula is C11H16N2O2S. The molecule has 2 rings (SSSR count). The Hall–Kier alpha value is -1.10. The van der Waals surface area contributed by atoms with Crippen molar-refractivity contribution >= 4 is 22.4 Å². The average Bonchev–Trinajstić information content (AvgIpc) is 2.70. The number of nitrogens with one attached hydrogen (secondary N) is 1. The third-order valence-electron chi connectivity index (χ3n) is 3.07. The highest BCUT2D eigenvalue weighted by molar-refractivity contribution is 7.13. The number of aromatic carboxylic acids is 1. The second kappa shape index (κ2) is 4.82. The molecule has 0 spiro atoms. The van der Waals surface area contributed by atoms with Gasteiger partial charge in [-0.05, 0) is 31.6 Å². The van der Waals surface area contributed by atoms with E-state index >= 15 is 0 Å². The van der Waals surface area contributed by atoms with Gasteiger partial charge < -0.3 is 10.4 Å². The Morgan fingerprint density at radius 3 is 2.75 bits per heavy atom. The zero-order valence-corrected chi connectivity index (χ0v) is 10.1. The number of thiazole rings is 1. The molecular weight excluding hydrogens is 224 g/mol. The van der Waals surface area contributed by atoms with Crippen LogP contribution in [0.15, 0.2) is 5.38 Å². The molecule has 1 aromatic rings. The summed E-state index contributed by atoms with van der Waals surface area (Å²) in [6, 6.07) is 0.462. The molecule has 0 aliphatic heterocycles. The topological polar surface area (TPSA) is 62.2 Å². The summed E-state index contributed by atoms with van der Waals surface area (Å²) in [6.07, 6.45) is 4.80. The normalized spacial score (nSPS) is 25.3. The molecule has 0 saturated heterocycles. The standard InChI is InChI=1S/C11H16N2O2S/c1-7-2-4-8(5-3-7)12-11-13-9(6-16-11)10(14)15/h6-8H,2-5H2,1H3,(H,12,13)(H,14,15). The Morgan fingerprint density at radius 1 is 1.50 bits per heavy atom. The lowest BCUT2D eigenvalue weighted by Gasteiger charge is -2.26. The maximum atomic E-state index is 10.7. The predicted molar refractivity (Wildman–Crippen MR) is 64.1 cm³/mol. The summed E-state index contributed by atoms with van der Waals surface area (Å²) in [4.78, 5) is 14.7. The Bertz CT molecular complexity index is 370. The SMILES string of the molecule is CC1CCC(Nc2nc(C(=O)O)cs2)CC1. The van der Waals surface area contributed by atoms with Crippen LogP contribution in [0.5, 0.6) is 0 Å². The molecule has 1 aliphatic carbocycles. The summed E-state index contributed by atoms with van der Waals surface area (Å²) in [7, 11) is 0. The van der Waals surface area contributed by atoms with Gasteiger partial charge in [-0.3, -0.25) is 0 Å². The van der Waals surface area contributed by atoms with Crippen LogP contribution in [-0.2, 0) is 0 Å². The first-order valence-corrected chi connectivity index (χ1v) is 6.48. The van der Waals surface area contributed by atoms with Crippen LogP contribution in [0.1, 0.15) is 43.1 Å². The summed E-state index contributed by atoms with van der Waals surface area (Å²) < 4.78 is 0. The van der Waals surface area contributed by atoms with Crippen molar-refractivity contribution in [1.29, 1.82) is 0 Å². The lowest BCUT2D eigenvalue weighted by molar-refractivity contribution is 0.0691. The van der Waals surface area contributed by atoms with E-state index in [-0.39, 0.29) is 5.69 Å². The van der Waals surface area contributed by atoms with Crippen LogP contribution in [0, 0.1) is 5.92 Å². The van der Waals surface area contributed by atoms with Crippen molar-refractivity contribution in [2.45, 2.75) is 38.6 Å². The quantitative estimate of drug-likeness (QED) is 0.852. The second-order valence-electron chi connectivity index (χ2n) is 4.44. The number of nitrogens with zero attached hydrogens (tertiary/aromatic N) is 1. The van der Waals surface area contributed by atoms with Gasteiger partial charge >= 0.3 is 5.97 Å². The fourth-order valence-electron chi connectivity index (χ4n) is 2.02. The highest BCUT2D eigenvalue weighted by Crippen LogP contribution is 2.27. The largest absolute Gasteiger partial charge is 0.476 e. The van der Waals surface area contributed by atoms with Gasteiger partial charge in [-0.25, -0.2) is 9.78 Å². The Labute approximate surface area is 98.7 Å². The Balaban J connectivity index is 1.91. The molecule has 1 aliphatic rings. The van der Waals surface area contributed by atoms with Crippen LogP contribution >= 0.6 is 11.3 Å². The van der Waals surface area contributed by atoms with Crippen LogP contribution in [-0.4, -0.2) is 22.1 Å². The molecule has 0 amide bonds. The number of rotatable bonds is 3. The number of hydrogen-bond acceptors (Lipinski definition) is 4. The Kier molecular flexibility index (Phi) is 3.43. The molecule has 0 bridgehead atoms. The number of hydrogen-bond donors (Lipinski definition) is 2. The molecule has 2 N–H and O–H groups in total. The smallest absolute Gasteiger partial charge is 0.355 e. The zero-order chi connectivity index (χ0) is 11.5. The number of aromatic nitrogens is 1. The molecule has 0 aromatic carbocycles. The third kappa shape index (κ3) is 2.72. The minimum atomic E-state index is -0.957. The van der Waals surface area contributed by atoms with Crippen molar-refractivity contribution < 1.29 is 9.90 Å². The van der Waals surface area contributed by atoms with Crippen molar-refractivity contribution in [3.8, 4) is 0 Å². The molecule has 1 saturated carbocycles. The number of carbonyl (C=O) groups is 1. The molecule has 0 unspecified atom stereocenters. The lowest BCUT2D eigenvalue weighted by atomic mass is 9.87. The molecule has 16 heavy (non-hydrogen) atoms. The van der Waals surface area contributed by atoms with Crippen LogP contribution in [0.4, 0.5) is 5.13 Å². The van der Waals surface area contributed by atoms with E-state index < -0.39 is 5.97 Å². The van der Waals surface area contributed by atoms with Crippen molar-refractivity contribution in [3.63, 3.8) is 0 Å². The first kappa shape index (κ1) is 11.4. The van der Waals surface area contributed by atoms with Gasteiger partial charge in [-0.15, -0.1) is 11.3 Å². The van der Waals surface area contributed by atoms with Gasteiger partial charge in [-0.2, -0.15) is 0 Å². The fraction of sp³-hybridized carbons (Fsp3) is 0.636. The number of carboxylic acid groups (broad SMARTS) is 1. The average molecular weight is 240 g/mol. The molecule has 1 fully saturated rings. The van der Waals surface area contributed by atoms with Crippen molar-refractivity contribution in [2.75, 3.05) is 5.32 Å². The van der Waals surface area contributed by atoms with Gasteiger partial charge in [0.1, 0.15) is 0 Å². The van der Waals surface area contributed by atoms with Crippen molar-refractivity contribution in [1.82, 2.24) is 4.98 Å². The van der Waals surface area contributed by atoms with E-state index in [0.717, 1.165) is 23.9 Å². The summed E-state index contributed by atoms with van der Waals surface area (Å²) >= 11 is 1.37. The van der Waals surface area contributed by atoms with Gasteiger partial charge in [0.25, 0.3) is 0 Å². The van der Waals surface area contributed by atoms with E-state index in [0.29, 0.717) is 6.04 Å². The van der Waals surface area contributed by atoms with Crippen LogP contribution in [0.25, 0.3) is 0 Å². The zero-order valence-electron chi connectivity index (χ0n) is 9.27. The van der Waals surface area contributed by atoms with Gasteiger partial charge in [0, 0.05) is 11.4 Å². The van der Waals surface area contributed by atoms with E-state index in [9.17, 15) is 4.79 Å². The summed E-state index contributed by atoms with van der Waals surface area (Å²) in [5.41, 5.74) is 0.136. The monoisotopic (exact) mass is 240 g/mol. The molecule has 0 atom stereocenters. The van der Waals surface area contributed by atoms with Gasteiger partial charge in [0.15, 0.2) is 10.8 Å². The van der Waals surface area contributed by atoms with E-state index in [1.54, 1.807) is 5.38 Å². The molecule has 88 valence electrons. The summed E-state index contributed by atoms with van der Waals surface area (Å²) in [5.74, 6) is -0.134. The van der Waals surface area contributed by atoms with Gasteiger partial charge in [-0.1, -0.05) is 6.92 Å². The third-order valence-corrected chi connectivity index (χ3v) is 3.84. The highest BCUT2D eigenvalue weighted by atomic mass is 32.1. The van der Waals surface area contributed by atoms with E-state index in [2.05, 4.69) is 17.2 Å².